The first-order chi connectivity index (χ1) is 8.92. The highest BCUT2D eigenvalue weighted by Gasteiger charge is 2.17. The molecule has 4 rings (SSSR count). The highest BCUT2D eigenvalue weighted by atomic mass is 15.2. The summed E-state index contributed by atoms with van der Waals surface area (Å²) in [5.74, 6) is 0.961. The van der Waals surface area contributed by atoms with Crippen LogP contribution in [0.1, 0.15) is 24.2 Å². The molecule has 0 unspecified atom stereocenters. The van der Waals surface area contributed by atoms with Crippen LogP contribution in [0.2, 0.25) is 0 Å². The van der Waals surface area contributed by atoms with Crippen molar-refractivity contribution in [2.24, 2.45) is 0 Å². The van der Waals surface area contributed by atoms with Gasteiger partial charge in [0, 0.05) is 11.9 Å². The molecule has 0 atom stereocenters. The SMILES string of the molecule is c1ccn2ncc(-c3nc4c([nH]3)CCCC4)c2c1. The molecular weight excluding hydrogens is 224 g/mol. The quantitative estimate of drug-likeness (QED) is 0.708. The molecule has 18 heavy (non-hydrogen) atoms. The molecule has 0 saturated heterocycles. The molecule has 0 aliphatic heterocycles. The summed E-state index contributed by atoms with van der Waals surface area (Å²) in [4.78, 5) is 8.20. The van der Waals surface area contributed by atoms with Gasteiger partial charge < -0.3 is 4.98 Å². The first-order valence-electron chi connectivity index (χ1n) is 6.42. The van der Waals surface area contributed by atoms with Gasteiger partial charge in [-0.25, -0.2) is 9.50 Å². The van der Waals surface area contributed by atoms with E-state index in [9.17, 15) is 0 Å². The zero-order valence-corrected chi connectivity index (χ0v) is 10.1. The van der Waals surface area contributed by atoms with Gasteiger partial charge in [0.05, 0.1) is 23.0 Å². The monoisotopic (exact) mass is 238 g/mol. The first kappa shape index (κ1) is 9.88. The Hall–Kier alpha value is -2.10. The van der Waals surface area contributed by atoms with Crippen LogP contribution in [-0.2, 0) is 12.8 Å². The number of fused-ring (bicyclic) bond motifs is 2. The second-order valence-corrected chi connectivity index (χ2v) is 4.81. The van der Waals surface area contributed by atoms with Crippen molar-refractivity contribution in [1.82, 2.24) is 19.6 Å². The number of nitrogens with one attached hydrogen (secondary N) is 1. The topological polar surface area (TPSA) is 46.0 Å². The minimum absolute atomic E-state index is 0.961. The van der Waals surface area contributed by atoms with Gasteiger partial charge in [0.25, 0.3) is 0 Å². The van der Waals surface area contributed by atoms with Gasteiger partial charge in [-0.05, 0) is 37.8 Å². The third-order valence-corrected chi connectivity index (χ3v) is 3.64. The Morgan fingerprint density at radius 2 is 2.11 bits per heavy atom. The normalized spacial score (nSPS) is 14.9. The number of hydrogen-bond donors (Lipinski definition) is 1. The molecule has 4 nitrogen and oxygen atoms in total. The molecule has 90 valence electrons. The molecule has 3 aromatic rings. The van der Waals surface area contributed by atoms with Crippen molar-refractivity contribution >= 4 is 5.52 Å². The first-order valence-corrected chi connectivity index (χ1v) is 6.42. The molecule has 0 aromatic carbocycles. The lowest BCUT2D eigenvalue weighted by Crippen LogP contribution is -2.00. The Bertz CT molecular complexity index is 684. The van der Waals surface area contributed by atoms with E-state index in [1.807, 2.05) is 29.0 Å². The van der Waals surface area contributed by atoms with Crippen molar-refractivity contribution in [3.63, 3.8) is 0 Å². The summed E-state index contributed by atoms with van der Waals surface area (Å²) in [6.07, 6.45) is 8.60. The van der Waals surface area contributed by atoms with E-state index in [2.05, 4.69) is 16.1 Å². The maximum Gasteiger partial charge on any atom is 0.141 e. The summed E-state index contributed by atoms with van der Waals surface area (Å²) >= 11 is 0. The lowest BCUT2D eigenvalue weighted by Gasteiger charge is -2.07. The molecule has 0 saturated carbocycles. The molecular formula is C14H14N4. The zero-order chi connectivity index (χ0) is 11.9. The van der Waals surface area contributed by atoms with E-state index in [0.29, 0.717) is 0 Å². The predicted octanol–water partition coefficient (Wildman–Crippen LogP) is 2.60. The van der Waals surface area contributed by atoms with E-state index in [-0.39, 0.29) is 0 Å². The summed E-state index contributed by atoms with van der Waals surface area (Å²) in [5.41, 5.74) is 4.74. The van der Waals surface area contributed by atoms with E-state index in [1.165, 1.54) is 24.2 Å². The Morgan fingerprint density at radius 3 is 3.06 bits per heavy atom. The standard InChI is InChI=1S/C14H14N4/c1-2-6-12-11(5-1)16-14(17-12)10-9-15-18-8-4-3-7-13(10)18/h3-4,7-9H,1-2,5-6H2,(H,16,17). The molecule has 0 amide bonds. The highest BCUT2D eigenvalue weighted by molar-refractivity contribution is 5.75. The number of hydrogen-bond acceptors (Lipinski definition) is 2. The fraction of sp³-hybridized carbons (Fsp3) is 0.286. The van der Waals surface area contributed by atoms with Crippen molar-refractivity contribution in [2.75, 3.05) is 0 Å². The molecule has 0 fully saturated rings. The molecule has 1 aliphatic rings. The Kier molecular flexibility index (Phi) is 2.03. The van der Waals surface area contributed by atoms with Crippen LogP contribution < -0.4 is 0 Å². The van der Waals surface area contributed by atoms with Crippen LogP contribution in [0.5, 0.6) is 0 Å². The minimum Gasteiger partial charge on any atom is -0.341 e. The molecule has 0 radical (unpaired) electrons. The largest absolute Gasteiger partial charge is 0.341 e. The van der Waals surface area contributed by atoms with Crippen molar-refractivity contribution in [3.05, 3.63) is 42.0 Å². The van der Waals surface area contributed by atoms with Crippen LogP contribution in [0.15, 0.2) is 30.6 Å². The van der Waals surface area contributed by atoms with Gasteiger partial charge in [-0.3, -0.25) is 0 Å². The predicted molar refractivity (Wildman–Crippen MR) is 69.4 cm³/mol. The van der Waals surface area contributed by atoms with Gasteiger partial charge in [0.2, 0.25) is 0 Å². The third kappa shape index (κ3) is 1.38. The van der Waals surface area contributed by atoms with Gasteiger partial charge in [-0.1, -0.05) is 6.07 Å². The van der Waals surface area contributed by atoms with E-state index in [1.54, 1.807) is 0 Å². The summed E-state index contributed by atoms with van der Waals surface area (Å²) < 4.78 is 1.89. The maximum atomic E-state index is 4.73. The van der Waals surface area contributed by atoms with Gasteiger partial charge in [-0.15, -0.1) is 0 Å². The number of aromatic amines is 1. The van der Waals surface area contributed by atoms with E-state index in [4.69, 9.17) is 4.98 Å². The molecule has 1 aliphatic carbocycles. The molecule has 3 heterocycles. The van der Waals surface area contributed by atoms with Gasteiger partial charge in [-0.2, -0.15) is 5.10 Å². The van der Waals surface area contributed by atoms with Crippen LogP contribution in [-0.4, -0.2) is 19.6 Å². The fourth-order valence-electron chi connectivity index (χ4n) is 2.70. The van der Waals surface area contributed by atoms with E-state index in [0.717, 1.165) is 29.7 Å². The summed E-state index contributed by atoms with van der Waals surface area (Å²) in [6, 6.07) is 6.09. The van der Waals surface area contributed by atoms with Crippen molar-refractivity contribution in [1.29, 1.82) is 0 Å². The van der Waals surface area contributed by atoms with Gasteiger partial charge in [0.15, 0.2) is 0 Å². The molecule has 0 bridgehead atoms. The number of aryl methyl sites for hydroxylation is 2. The van der Waals surface area contributed by atoms with Gasteiger partial charge in [0.1, 0.15) is 5.82 Å². The lowest BCUT2D eigenvalue weighted by atomic mass is 10.0. The van der Waals surface area contributed by atoms with Crippen LogP contribution in [0.3, 0.4) is 0 Å². The lowest BCUT2D eigenvalue weighted by molar-refractivity contribution is 0.667. The number of pyridine rings is 1. The van der Waals surface area contributed by atoms with Crippen molar-refractivity contribution < 1.29 is 0 Å². The smallest absolute Gasteiger partial charge is 0.141 e. The number of imidazole rings is 1. The second kappa shape index (κ2) is 3.70. The molecule has 4 heteroatoms. The fourth-order valence-corrected chi connectivity index (χ4v) is 2.70. The Balaban J connectivity index is 1.89. The molecule has 3 aromatic heterocycles. The maximum absolute atomic E-state index is 4.73. The van der Waals surface area contributed by atoms with E-state index >= 15 is 0 Å². The number of H-pyrrole nitrogens is 1. The van der Waals surface area contributed by atoms with Crippen LogP contribution in [0.4, 0.5) is 0 Å². The number of rotatable bonds is 1. The molecule has 0 spiro atoms. The summed E-state index contributed by atoms with van der Waals surface area (Å²) in [7, 11) is 0. The number of nitrogens with zero attached hydrogens (tertiary/aromatic N) is 3. The van der Waals surface area contributed by atoms with Crippen LogP contribution in [0.25, 0.3) is 16.9 Å². The van der Waals surface area contributed by atoms with Crippen molar-refractivity contribution in [3.8, 4) is 11.4 Å². The van der Waals surface area contributed by atoms with Crippen LogP contribution in [0, 0.1) is 0 Å². The average molecular weight is 238 g/mol. The van der Waals surface area contributed by atoms with E-state index < -0.39 is 0 Å². The number of aromatic nitrogens is 4. The summed E-state index contributed by atoms with van der Waals surface area (Å²) in [5, 5.41) is 4.36. The zero-order valence-electron chi connectivity index (χ0n) is 10.1. The Labute approximate surface area is 105 Å². The summed E-state index contributed by atoms with van der Waals surface area (Å²) in [6.45, 7) is 0. The molecule has 1 N–H and O–H groups in total. The Morgan fingerprint density at radius 1 is 1.17 bits per heavy atom. The average Bonchev–Trinajstić information content (AvgIpc) is 3.02. The third-order valence-electron chi connectivity index (χ3n) is 3.64. The second-order valence-electron chi connectivity index (χ2n) is 4.81. The van der Waals surface area contributed by atoms with Gasteiger partial charge >= 0.3 is 0 Å². The highest BCUT2D eigenvalue weighted by Crippen LogP contribution is 2.26. The van der Waals surface area contributed by atoms with Crippen molar-refractivity contribution in [2.45, 2.75) is 25.7 Å². The van der Waals surface area contributed by atoms with Crippen LogP contribution >= 0.6 is 0 Å². The minimum atomic E-state index is 0.961.